The predicted molar refractivity (Wildman–Crippen MR) is 52.9 cm³/mol. The quantitative estimate of drug-likeness (QED) is 0.752. The second kappa shape index (κ2) is 4.59. The van der Waals surface area contributed by atoms with Gasteiger partial charge in [0.1, 0.15) is 5.69 Å². The van der Waals surface area contributed by atoms with Crippen LogP contribution in [0.5, 0.6) is 0 Å². The van der Waals surface area contributed by atoms with Gasteiger partial charge in [-0.25, -0.2) is 4.79 Å². The number of nitrogens with one attached hydrogen (secondary N) is 1. The van der Waals surface area contributed by atoms with Gasteiger partial charge in [0.15, 0.2) is 5.69 Å². The fourth-order valence-corrected chi connectivity index (χ4v) is 1.19. The van der Waals surface area contributed by atoms with Crippen LogP contribution >= 0.6 is 0 Å². The summed E-state index contributed by atoms with van der Waals surface area (Å²) in [6.07, 6.45) is 0. The second-order valence-corrected chi connectivity index (χ2v) is 2.90. The summed E-state index contributed by atoms with van der Waals surface area (Å²) in [5.41, 5.74) is 0.162. The third-order valence-corrected chi connectivity index (χ3v) is 1.87. The Morgan fingerprint density at radius 1 is 1.53 bits per heavy atom. The van der Waals surface area contributed by atoms with Gasteiger partial charge in [0.05, 0.1) is 0 Å². The molecule has 0 aliphatic carbocycles. The first-order valence-corrected chi connectivity index (χ1v) is 4.69. The van der Waals surface area contributed by atoms with Crippen molar-refractivity contribution < 1.29 is 14.7 Å². The topological polar surface area (TPSA) is 84.2 Å². The summed E-state index contributed by atoms with van der Waals surface area (Å²) in [5.74, 6) is -1.44. The van der Waals surface area contributed by atoms with E-state index in [4.69, 9.17) is 5.11 Å². The molecule has 2 N–H and O–H groups in total. The van der Waals surface area contributed by atoms with Gasteiger partial charge in [-0.05, 0) is 13.8 Å². The first kappa shape index (κ1) is 11.2. The number of carbonyl (C=O) groups excluding carboxylic acids is 1. The van der Waals surface area contributed by atoms with Crippen LogP contribution in [-0.4, -0.2) is 33.3 Å². The minimum atomic E-state index is -1.08. The van der Waals surface area contributed by atoms with Crippen LogP contribution < -0.4 is 5.32 Å². The van der Waals surface area contributed by atoms with Crippen molar-refractivity contribution in [2.45, 2.75) is 20.4 Å². The van der Waals surface area contributed by atoms with E-state index in [0.29, 0.717) is 13.1 Å². The van der Waals surface area contributed by atoms with E-state index in [0.717, 1.165) is 0 Å². The van der Waals surface area contributed by atoms with Crippen LogP contribution in [0.3, 0.4) is 0 Å². The average molecular weight is 211 g/mol. The molecule has 15 heavy (non-hydrogen) atoms. The van der Waals surface area contributed by atoms with Crippen molar-refractivity contribution in [1.29, 1.82) is 0 Å². The summed E-state index contributed by atoms with van der Waals surface area (Å²) in [6, 6.07) is 1.27. The SMILES string of the molecule is CCNC(=O)c1cc(C(=O)O)n(CC)n1. The van der Waals surface area contributed by atoms with Crippen molar-refractivity contribution in [2.75, 3.05) is 6.54 Å². The largest absolute Gasteiger partial charge is 0.477 e. The molecule has 0 radical (unpaired) electrons. The maximum absolute atomic E-state index is 11.4. The predicted octanol–water partition coefficient (Wildman–Crippen LogP) is 0.351. The Balaban J connectivity index is 3.02. The van der Waals surface area contributed by atoms with Gasteiger partial charge in [-0.3, -0.25) is 9.48 Å². The highest BCUT2D eigenvalue weighted by Gasteiger charge is 2.16. The summed E-state index contributed by atoms with van der Waals surface area (Å²) in [4.78, 5) is 22.2. The zero-order valence-corrected chi connectivity index (χ0v) is 8.65. The first-order chi connectivity index (χ1) is 7.10. The van der Waals surface area contributed by atoms with E-state index in [2.05, 4.69) is 10.4 Å². The van der Waals surface area contributed by atoms with E-state index < -0.39 is 5.97 Å². The maximum atomic E-state index is 11.4. The molecular weight excluding hydrogens is 198 g/mol. The smallest absolute Gasteiger partial charge is 0.354 e. The Labute approximate surface area is 86.9 Å². The van der Waals surface area contributed by atoms with Crippen molar-refractivity contribution in [1.82, 2.24) is 15.1 Å². The van der Waals surface area contributed by atoms with Gasteiger partial charge in [0, 0.05) is 19.2 Å². The third kappa shape index (κ3) is 2.34. The van der Waals surface area contributed by atoms with Crippen molar-refractivity contribution >= 4 is 11.9 Å². The highest BCUT2D eigenvalue weighted by Crippen LogP contribution is 2.04. The van der Waals surface area contributed by atoms with Crippen LogP contribution in [-0.2, 0) is 6.54 Å². The Morgan fingerprint density at radius 3 is 2.60 bits per heavy atom. The molecule has 0 aromatic carbocycles. The molecule has 0 aliphatic rings. The number of aryl methyl sites for hydroxylation is 1. The molecular formula is C9H13N3O3. The Hall–Kier alpha value is -1.85. The molecule has 0 aliphatic heterocycles. The summed E-state index contributed by atoms with van der Waals surface area (Å²) in [6.45, 7) is 4.45. The fraction of sp³-hybridized carbons (Fsp3) is 0.444. The summed E-state index contributed by atoms with van der Waals surface area (Å²) < 4.78 is 1.28. The van der Waals surface area contributed by atoms with Gasteiger partial charge in [0.25, 0.3) is 5.91 Å². The zero-order chi connectivity index (χ0) is 11.4. The van der Waals surface area contributed by atoms with Crippen LogP contribution in [0.1, 0.15) is 34.8 Å². The molecule has 1 aromatic heterocycles. The van der Waals surface area contributed by atoms with Crippen molar-refractivity contribution in [2.24, 2.45) is 0 Å². The normalized spacial score (nSPS) is 10.0. The van der Waals surface area contributed by atoms with Crippen molar-refractivity contribution in [3.05, 3.63) is 17.5 Å². The van der Waals surface area contributed by atoms with Gasteiger partial charge in [-0.2, -0.15) is 5.10 Å². The minimum Gasteiger partial charge on any atom is -0.477 e. The lowest BCUT2D eigenvalue weighted by atomic mass is 10.3. The summed E-state index contributed by atoms with van der Waals surface area (Å²) >= 11 is 0. The Kier molecular flexibility index (Phi) is 3.43. The molecule has 6 nitrogen and oxygen atoms in total. The molecule has 1 heterocycles. The van der Waals surface area contributed by atoms with Crippen molar-refractivity contribution in [3.63, 3.8) is 0 Å². The van der Waals surface area contributed by atoms with Crippen molar-refractivity contribution in [3.8, 4) is 0 Å². The van der Waals surface area contributed by atoms with Crippen LogP contribution in [0, 0.1) is 0 Å². The van der Waals surface area contributed by atoms with E-state index >= 15 is 0 Å². The number of aromatic carboxylic acids is 1. The molecule has 1 rings (SSSR count). The molecule has 0 unspecified atom stereocenters. The molecule has 1 amide bonds. The number of hydrogen-bond acceptors (Lipinski definition) is 3. The lowest BCUT2D eigenvalue weighted by molar-refractivity contribution is 0.0683. The van der Waals surface area contributed by atoms with Crippen LogP contribution in [0.15, 0.2) is 6.07 Å². The monoisotopic (exact) mass is 211 g/mol. The number of carboxylic acid groups (broad SMARTS) is 1. The Morgan fingerprint density at radius 2 is 2.20 bits per heavy atom. The van der Waals surface area contributed by atoms with Gasteiger partial charge in [0.2, 0.25) is 0 Å². The highest BCUT2D eigenvalue weighted by molar-refractivity contribution is 5.95. The fourth-order valence-electron chi connectivity index (χ4n) is 1.19. The molecule has 1 aromatic rings. The number of carbonyl (C=O) groups is 2. The molecule has 0 atom stereocenters. The van der Waals surface area contributed by atoms with E-state index in [1.807, 2.05) is 0 Å². The minimum absolute atomic E-state index is 0.0266. The van der Waals surface area contributed by atoms with Crippen LogP contribution in [0.25, 0.3) is 0 Å². The Bertz CT molecular complexity index is 384. The lowest BCUT2D eigenvalue weighted by Gasteiger charge is -1.98. The summed E-state index contributed by atoms with van der Waals surface area (Å²) in [7, 11) is 0. The lowest BCUT2D eigenvalue weighted by Crippen LogP contribution is -2.23. The van der Waals surface area contributed by atoms with E-state index in [9.17, 15) is 9.59 Å². The number of amides is 1. The van der Waals surface area contributed by atoms with E-state index in [-0.39, 0.29) is 17.3 Å². The van der Waals surface area contributed by atoms with E-state index in [1.54, 1.807) is 13.8 Å². The number of rotatable bonds is 4. The zero-order valence-electron chi connectivity index (χ0n) is 8.65. The molecule has 0 saturated carbocycles. The average Bonchev–Trinajstić information content (AvgIpc) is 2.61. The number of nitrogens with zero attached hydrogens (tertiary/aromatic N) is 2. The van der Waals surface area contributed by atoms with Gasteiger partial charge < -0.3 is 10.4 Å². The second-order valence-electron chi connectivity index (χ2n) is 2.90. The third-order valence-electron chi connectivity index (χ3n) is 1.87. The molecule has 0 bridgehead atoms. The number of hydrogen-bond donors (Lipinski definition) is 2. The first-order valence-electron chi connectivity index (χ1n) is 4.69. The van der Waals surface area contributed by atoms with Gasteiger partial charge >= 0.3 is 5.97 Å². The van der Waals surface area contributed by atoms with Gasteiger partial charge in [-0.15, -0.1) is 0 Å². The number of carboxylic acids is 1. The van der Waals surface area contributed by atoms with Crippen LogP contribution in [0.4, 0.5) is 0 Å². The van der Waals surface area contributed by atoms with Gasteiger partial charge in [-0.1, -0.05) is 0 Å². The molecule has 6 heteroatoms. The standard InChI is InChI=1S/C9H13N3O3/c1-3-10-8(13)6-5-7(9(14)15)12(4-2)11-6/h5H,3-4H2,1-2H3,(H,10,13)(H,14,15). The van der Waals surface area contributed by atoms with E-state index in [1.165, 1.54) is 10.7 Å². The molecule has 82 valence electrons. The maximum Gasteiger partial charge on any atom is 0.354 e. The highest BCUT2D eigenvalue weighted by atomic mass is 16.4. The molecule has 0 saturated heterocycles. The summed E-state index contributed by atoms with van der Waals surface area (Å²) in [5, 5.41) is 15.3. The molecule has 0 spiro atoms. The van der Waals surface area contributed by atoms with Crippen LogP contribution in [0.2, 0.25) is 0 Å². The number of aromatic nitrogens is 2. The molecule has 0 fully saturated rings.